The molecule has 0 heterocycles. The topological polar surface area (TPSA) is 66.8 Å². The van der Waals surface area contributed by atoms with Crippen molar-refractivity contribution >= 4 is 11.9 Å². The molecule has 98 valence electrons. The van der Waals surface area contributed by atoms with Crippen molar-refractivity contribution in [3.8, 4) is 5.75 Å². The van der Waals surface area contributed by atoms with Crippen molar-refractivity contribution in [3.63, 3.8) is 0 Å². The van der Waals surface area contributed by atoms with Crippen LogP contribution in [0.4, 0.5) is 4.39 Å². The Kier molecular flexibility index (Phi) is 4.25. The Morgan fingerprint density at radius 2 is 1.94 bits per heavy atom. The first-order valence-corrected chi connectivity index (χ1v) is 5.23. The maximum absolute atomic E-state index is 13.2. The number of carbonyl (C=O) groups is 2. The number of carbonyl (C=O) groups excluding carboxylic acids is 1. The van der Waals surface area contributed by atoms with Crippen LogP contribution in [-0.4, -0.2) is 42.1 Å². The second-order valence-corrected chi connectivity index (χ2v) is 3.97. The summed E-state index contributed by atoms with van der Waals surface area (Å²) in [4.78, 5) is 23.6. The fraction of sp³-hybridized carbons (Fsp3) is 0.333. The van der Waals surface area contributed by atoms with E-state index in [2.05, 4.69) is 0 Å². The molecule has 5 nitrogen and oxygen atoms in total. The van der Waals surface area contributed by atoms with E-state index in [-0.39, 0.29) is 17.2 Å². The molecule has 1 unspecified atom stereocenters. The third-order valence-corrected chi connectivity index (χ3v) is 2.22. The summed E-state index contributed by atoms with van der Waals surface area (Å²) in [5.41, 5.74) is -0.227. The Balaban J connectivity index is 2.91. The molecular weight excluding hydrogens is 241 g/mol. The van der Waals surface area contributed by atoms with Gasteiger partial charge >= 0.3 is 5.97 Å². The molecule has 1 amide bonds. The first kappa shape index (κ1) is 14.0. The summed E-state index contributed by atoms with van der Waals surface area (Å²) in [6.07, 6.45) is -0.816. The van der Waals surface area contributed by atoms with Gasteiger partial charge in [0.1, 0.15) is 11.6 Å². The highest BCUT2D eigenvalue weighted by molar-refractivity contribution is 5.88. The molecule has 1 aromatic carbocycles. The number of amides is 1. The number of hydrogen-bond donors (Lipinski definition) is 1. The van der Waals surface area contributed by atoms with Crippen LogP contribution in [0.2, 0.25) is 0 Å². The molecule has 18 heavy (non-hydrogen) atoms. The van der Waals surface area contributed by atoms with Crippen LogP contribution in [0.1, 0.15) is 17.3 Å². The van der Waals surface area contributed by atoms with Gasteiger partial charge in [-0.05, 0) is 19.1 Å². The largest absolute Gasteiger partial charge is 0.481 e. The summed E-state index contributed by atoms with van der Waals surface area (Å²) >= 11 is 0. The predicted molar refractivity (Wildman–Crippen MR) is 62.1 cm³/mol. The van der Waals surface area contributed by atoms with Crippen molar-refractivity contribution in [2.75, 3.05) is 14.1 Å². The average molecular weight is 255 g/mol. The van der Waals surface area contributed by atoms with Crippen LogP contribution < -0.4 is 4.74 Å². The second kappa shape index (κ2) is 5.48. The average Bonchev–Trinajstić information content (AvgIpc) is 2.26. The molecule has 1 N–H and O–H groups in total. The lowest BCUT2D eigenvalue weighted by molar-refractivity contribution is -0.135. The van der Waals surface area contributed by atoms with Crippen molar-refractivity contribution in [1.82, 2.24) is 4.90 Å². The Hall–Kier alpha value is -2.11. The van der Waals surface area contributed by atoms with Gasteiger partial charge in [-0.3, -0.25) is 4.79 Å². The Morgan fingerprint density at radius 1 is 1.33 bits per heavy atom. The van der Waals surface area contributed by atoms with Gasteiger partial charge in [-0.1, -0.05) is 0 Å². The number of benzene rings is 1. The standard InChI is InChI=1S/C12H14FNO4/c1-7(11(15)14(2)3)18-10-5-8(12(16)17)4-9(13)6-10/h4-7H,1-3H3,(H,16,17). The zero-order chi connectivity index (χ0) is 13.9. The number of carboxylic acid groups (broad SMARTS) is 1. The molecule has 0 aromatic heterocycles. The maximum atomic E-state index is 13.2. The van der Waals surface area contributed by atoms with Gasteiger partial charge in [-0.15, -0.1) is 0 Å². The predicted octanol–water partition coefficient (Wildman–Crippen LogP) is 1.38. The summed E-state index contributed by atoms with van der Waals surface area (Å²) in [7, 11) is 3.13. The zero-order valence-electron chi connectivity index (χ0n) is 10.3. The van der Waals surface area contributed by atoms with E-state index in [1.807, 2.05) is 0 Å². The van der Waals surface area contributed by atoms with Crippen molar-refractivity contribution in [1.29, 1.82) is 0 Å². The minimum atomic E-state index is -1.26. The minimum Gasteiger partial charge on any atom is -0.481 e. The summed E-state index contributed by atoms with van der Waals surface area (Å²) in [6.45, 7) is 1.51. The van der Waals surface area contributed by atoms with E-state index in [1.165, 1.54) is 17.9 Å². The number of nitrogens with zero attached hydrogens (tertiary/aromatic N) is 1. The second-order valence-electron chi connectivity index (χ2n) is 3.97. The highest BCUT2D eigenvalue weighted by Gasteiger charge is 2.17. The Labute approximate surface area is 104 Å². The minimum absolute atomic E-state index is 0.00935. The Bertz CT molecular complexity index is 473. The number of halogens is 1. The van der Waals surface area contributed by atoms with Crippen molar-refractivity contribution < 1.29 is 23.8 Å². The molecule has 0 spiro atoms. The fourth-order valence-electron chi connectivity index (χ4n) is 1.37. The molecular formula is C12H14FNO4. The summed E-state index contributed by atoms with van der Waals surface area (Å²) in [6, 6.07) is 3.09. The summed E-state index contributed by atoms with van der Waals surface area (Å²) in [5.74, 6) is -2.27. The van der Waals surface area contributed by atoms with Crippen LogP contribution in [0.5, 0.6) is 5.75 Å². The van der Waals surface area contributed by atoms with Crippen LogP contribution in [0.15, 0.2) is 18.2 Å². The van der Waals surface area contributed by atoms with Crippen molar-refractivity contribution in [3.05, 3.63) is 29.6 Å². The molecule has 6 heteroatoms. The SMILES string of the molecule is CC(Oc1cc(F)cc(C(=O)O)c1)C(=O)N(C)C. The molecule has 0 aliphatic heterocycles. The molecule has 0 bridgehead atoms. The maximum Gasteiger partial charge on any atom is 0.335 e. The number of carboxylic acids is 1. The zero-order valence-corrected chi connectivity index (χ0v) is 10.3. The van der Waals surface area contributed by atoms with E-state index in [0.717, 1.165) is 12.1 Å². The molecule has 1 atom stereocenters. The van der Waals surface area contributed by atoms with Crippen molar-refractivity contribution in [2.45, 2.75) is 13.0 Å². The van der Waals surface area contributed by atoms with Gasteiger partial charge in [0.2, 0.25) is 0 Å². The number of likely N-dealkylation sites (N-methyl/N-ethyl adjacent to an activating group) is 1. The first-order chi connectivity index (χ1) is 8.31. The number of aromatic carboxylic acids is 1. The third-order valence-electron chi connectivity index (χ3n) is 2.22. The highest BCUT2D eigenvalue weighted by Crippen LogP contribution is 2.18. The monoisotopic (exact) mass is 255 g/mol. The smallest absolute Gasteiger partial charge is 0.335 e. The Morgan fingerprint density at radius 3 is 2.44 bits per heavy atom. The molecule has 0 fully saturated rings. The number of ether oxygens (including phenoxy) is 1. The van der Waals surface area contributed by atoms with Gasteiger partial charge in [-0.2, -0.15) is 0 Å². The molecule has 0 saturated carbocycles. The van der Waals surface area contributed by atoms with Crippen molar-refractivity contribution in [2.24, 2.45) is 0 Å². The van der Waals surface area contributed by atoms with Crippen LogP contribution in [0.25, 0.3) is 0 Å². The van der Waals surface area contributed by atoms with E-state index in [9.17, 15) is 14.0 Å². The van der Waals surface area contributed by atoms with Gasteiger partial charge in [-0.25, -0.2) is 9.18 Å². The van der Waals surface area contributed by atoms with Crippen LogP contribution in [0, 0.1) is 5.82 Å². The fourth-order valence-corrected chi connectivity index (χ4v) is 1.37. The summed E-state index contributed by atoms with van der Waals surface area (Å²) in [5, 5.41) is 8.77. The lowest BCUT2D eigenvalue weighted by atomic mass is 10.2. The van der Waals surface area contributed by atoms with Crippen LogP contribution >= 0.6 is 0 Å². The third kappa shape index (κ3) is 3.44. The van der Waals surface area contributed by atoms with Crippen LogP contribution in [0.3, 0.4) is 0 Å². The highest BCUT2D eigenvalue weighted by atomic mass is 19.1. The molecule has 0 aliphatic rings. The van der Waals surface area contributed by atoms with E-state index in [1.54, 1.807) is 14.1 Å². The van der Waals surface area contributed by atoms with E-state index in [0.29, 0.717) is 0 Å². The summed E-state index contributed by atoms with van der Waals surface area (Å²) < 4.78 is 18.4. The van der Waals surface area contributed by atoms with E-state index in [4.69, 9.17) is 9.84 Å². The van der Waals surface area contributed by atoms with Gasteiger partial charge in [0.15, 0.2) is 6.10 Å². The first-order valence-electron chi connectivity index (χ1n) is 5.23. The van der Waals surface area contributed by atoms with Gasteiger partial charge in [0, 0.05) is 20.2 Å². The van der Waals surface area contributed by atoms with E-state index >= 15 is 0 Å². The van der Waals surface area contributed by atoms with E-state index < -0.39 is 17.9 Å². The lowest BCUT2D eigenvalue weighted by Gasteiger charge is -2.18. The van der Waals surface area contributed by atoms with Crippen LogP contribution in [-0.2, 0) is 4.79 Å². The molecule has 1 rings (SSSR count). The van der Waals surface area contributed by atoms with Gasteiger partial charge < -0.3 is 14.7 Å². The van der Waals surface area contributed by atoms with Gasteiger partial charge in [0.05, 0.1) is 5.56 Å². The molecule has 1 aromatic rings. The number of rotatable bonds is 4. The normalized spacial score (nSPS) is 11.8. The lowest BCUT2D eigenvalue weighted by Crippen LogP contribution is -2.35. The quantitative estimate of drug-likeness (QED) is 0.882. The molecule has 0 saturated heterocycles. The molecule has 0 aliphatic carbocycles. The van der Waals surface area contributed by atoms with Gasteiger partial charge in [0.25, 0.3) is 5.91 Å². The number of hydrogen-bond acceptors (Lipinski definition) is 3. The molecule has 0 radical (unpaired) electrons.